The summed E-state index contributed by atoms with van der Waals surface area (Å²) >= 11 is 11.6. The molecule has 0 saturated heterocycles. The van der Waals surface area contributed by atoms with Crippen molar-refractivity contribution in [3.8, 4) is 0 Å². The Morgan fingerprint density at radius 1 is 1.26 bits per heavy atom. The van der Waals surface area contributed by atoms with Crippen molar-refractivity contribution in [2.75, 3.05) is 5.75 Å². The highest BCUT2D eigenvalue weighted by molar-refractivity contribution is 7.85. The van der Waals surface area contributed by atoms with Gasteiger partial charge in [-0.1, -0.05) is 23.2 Å². The summed E-state index contributed by atoms with van der Waals surface area (Å²) < 4.78 is 17.1. The molecule has 0 N–H and O–H groups in total. The Hall–Kier alpha value is -0.580. The zero-order valence-electron chi connectivity index (χ0n) is 11.0. The van der Waals surface area contributed by atoms with Crippen molar-refractivity contribution in [1.29, 1.82) is 0 Å². The van der Waals surface area contributed by atoms with Gasteiger partial charge in [0.05, 0.1) is 27.3 Å². The van der Waals surface area contributed by atoms with Gasteiger partial charge in [-0.05, 0) is 39.0 Å². The molecule has 0 saturated carbocycles. The maximum atomic E-state index is 12.0. The van der Waals surface area contributed by atoms with E-state index in [1.807, 2.05) is 0 Å². The minimum atomic E-state index is -1.29. The Morgan fingerprint density at radius 2 is 1.89 bits per heavy atom. The van der Waals surface area contributed by atoms with Gasteiger partial charge in [-0.2, -0.15) is 0 Å². The number of esters is 1. The van der Waals surface area contributed by atoms with E-state index in [1.165, 1.54) is 0 Å². The van der Waals surface area contributed by atoms with Crippen LogP contribution in [0.25, 0.3) is 0 Å². The van der Waals surface area contributed by atoms with Gasteiger partial charge in [0.2, 0.25) is 0 Å². The number of carbonyl (C=O) groups is 1. The molecule has 1 unspecified atom stereocenters. The van der Waals surface area contributed by atoms with E-state index in [0.29, 0.717) is 14.9 Å². The number of benzene rings is 1. The summed E-state index contributed by atoms with van der Waals surface area (Å²) in [6.45, 7) is 5.38. The second-order valence-electron chi connectivity index (χ2n) is 4.96. The number of hydrogen-bond donors (Lipinski definition) is 0. The van der Waals surface area contributed by atoms with Crippen LogP contribution in [0, 0.1) is 0 Å². The largest absolute Gasteiger partial charge is 0.460 e. The number of halogens is 2. The molecule has 1 aromatic rings. The van der Waals surface area contributed by atoms with Gasteiger partial charge in [-0.15, -0.1) is 0 Å². The molecule has 0 heterocycles. The lowest BCUT2D eigenvalue weighted by molar-refractivity contribution is -0.154. The Labute approximate surface area is 125 Å². The fourth-order valence-electron chi connectivity index (χ4n) is 1.30. The van der Waals surface area contributed by atoms with Gasteiger partial charge in [0, 0.05) is 10.6 Å². The molecular formula is C13H16Cl2O3S. The maximum Gasteiger partial charge on any atom is 0.307 e. The van der Waals surface area contributed by atoms with Crippen LogP contribution in [0.3, 0.4) is 0 Å². The van der Waals surface area contributed by atoms with Crippen molar-refractivity contribution in [3.05, 3.63) is 28.2 Å². The fraction of sp³-hybridized carbons (Fsp3) is 0.462. The first-order chi connectivity index (χ1) is 8.69. The molecule has 106 valence electrons. The molecule has 1 rings (SSSR count). The van der Waals surface area contributed by atoms with Crippen molar-refractivity contribution < 1.29 is 13.7 Å². The molecule has 0 aromatic heterocycles. The first kappa shape index (κ1) is 16.5. The normalized spacial score (nSPS) is 13.1. The Kier molecular flexibility index (Phi) is 5.83. The van der Waals surface area contributed by atoms with Gasteiger partial charge in [-0.3, -0.25) is 9.00 Å². The van der Waals surface area contributed by atoms with Crippen LogP contribution >= 0.6 is 23.2 Å². The highest BCUT2D eigenvalue weighted by atomic mass is 35.5. The molecule has 0 radical (unpaired) electrons. The number of carbonyl (C=O) groups excluding carboxylic acids is 1. The highest BCUT2D eigenvalue weighted by Gasteiger charge is 2.17. The Morgan fingerprint density at radius 3 is 2.42 bits per heavy atom. The molecule has 0 aliphatic rings. The van der Waals surface area contributed by atoms with Crippen LogP contribution in [0.4, 0.5) is 0 Å². The summed E-state index contributed by atoms with van der Waals surface area (Å²) in [5.74, 6) is -0.159. The molecule has 0 aliphatic heterocycles. The van der Waals surface area contributed by atoms with Crippen molar-refractivity contribution in [3.63, 3.8) is 0 Å². The van der Waals surface area contributed by atoms with Crippen LogP contribution in [0.5, 0.6) is 0 Å². The second-order valence-corrected chi connectivity index (χ2v) is 7.35. The van der Waals surface area contributed by atoms with Crippen LogP contribution in [-0.4, -0.2) is 21.5 Å². The van der Waals surface area contributed by atoms with E-state index in [0.717, 1.165) is 0 Å². The van der Waals surface area contributed by atoms with E-state index in [9.17, 15) is 9.00 Å². The Bertz CT molecular complexity index is 495. The average molecular weight is 323 g/mol. The molecule has 0 fully saturated rings. The molecule has 1 aromatic carbocycles. The molecule has 0 spiro atoms. The molecular weight excluding hydrogens is 307 g/mol. The van der Waals surface area contributed by atoms with Gasteiger partial charge in [0.25, 0.3) is 0 Å². The maximum absolute atomic E-state index is 12.0. The van der Waals surface area contributed by atoms with Crippen LogP contribution in [0.2, 0.25) is 10.0 Å². The van der Waals surface area contributed by atoms with Gasteiger partial charge in [0.1, 0.15) is 5.60 Å². The lowest BCUT2D eigenvalue weighted by atomic mass is 10.2. The molecule has 3 nitrogen and oxygen atoms in total. The van der Waals surface area contributed by atoms with Crippen molar-refractivity contribution in [2.24, 2.45) is 0 Å². The van der Waals surface area contributed by atoms with Gasteiger partial charge in [0.15, 0.2) is 0 Å². The zero-order chi connectivity index (χ0) is 14.6. The van der Waals surface area contributed by atoms with Gasteiger partial charge in [-0.25, -0.2) is 0 Å². The number of hydrogen-bond acceptors (Lipinski definition) is 3. The van der Waals surface area contributed by atoms with Crippen LogP contribution in [-0.2, 0) is 20.3 Å². The monoisotopic (exact) mass is 322 g/mol. The summed E-state index contributed by atoms with van der Waals surface area (Å²) in [5.41, 5.74) is -0.526. The topological polar surface area (TPSA) is 43.4 Å². The van der Waals surface area contributed by atoms with Crippen LogP contribution in [0.1, 0.15) is 27.2 Å². The standard InChI is InChI=1S/C13H16Cl2O3S/c1-13(2,3)18-12(16)6-7-19(17)9-4-5-10(14)11(15)8-9/h4-5,8H,6-7H2,1-3H3. The van der Waals surface area contributed by atoms with Crippen LogP contribution in [0.15, 0.2) is 23.1 Å². The molecule has 1 atom stereocenters. The summed E-state index contributed by atoms with van der Waals surface area (Å²) in [5, 5.41) is 0.763. The van der Waals surface area contributed by atoms with E-state index < -0.39 is 16.4 Å². The van der Waals surface area contributed by atoms with Crippen LogP contribution < -0.4 is 0 Å². The van der Waals surface area contributed by atoms with Crippen molar-refractivity contribution >= 4 is 40.0 Å². The number of rotatable bonds is 4. The smallest absolute Gasteiger partial charge is 0.307 e. The summed E-state index contributed by atoms with van der Waals surface area (Å²) in [7, 11) is -1.29. The van der Waals surface area contributed by atoms with Crippen molar-refractivity contribution in [2.45, 2.75) is 37.7 Å². The quantitative estimate of drug-likeness (QED) is 0.791. The predicted octanol–water partition coefficient (Wildman–Crippen LogP) is 3.83. The fourth-order valence-corrected chi connectivity index (χ4v) is 2.72. The third kappa shape index (κ3) is 5.93. The summed E-state index contributed by atoms with van der Waals surface area (Å²) in [6, 6.07) is 4.78. The third-order valence-corrected chi connectivity index (χ3v) is 4.16. The van der Waals surface area contributed by atoms with E-state index in [2.05, 4.69) is 0 Å². The minimum absolute atomic E-state index is 0.101. The number of ether oxygens (including phenoxy) is 1. The first-order valence-electron chi connectivity index (χ1n) is 5.74. The van der Waals surface area contributed by atoms with E-state index in [-0.39, 0.29) is 18.1 Å². The van der Waals surface area contributed by atoms with Gasteiger partial charge < -0.3 is 4.74 Å². The first-order valence-corrected chi connectivity index (χ1v) is 7.82. The van der Waals surface area contributed by atoms with Gasteiger partial charge >= 0.3 is 5.97 Å². The highest BCUT2D eigenvalue weighted by Crippen LogP contribution is 2.24. The molecule has 0 bridgehead atoms. The zero-order valence-corrected chi connectivity index (χ0v) is 13.4. The van der Waals surface area contributed by atoms with E-state index in [1.54, 1.807) is 39.0 Å². The summed E-state index contributed by atoms with van der Waals surface area (Å²) in [4.78, 5) is 12.1. The average Bonchev–Trinajstić information content (AvgIpc) is 2.27. The minimum Gasteiger partial charge on any atom is -0.460 e. The Balaban J connectivity index is 2.56. The van der Waals surface area contributed by atoms with E-state index in [4.69, 9.17) is 27.9 Å². The lowest BCUT2D eigenvalue weighted by Crippen LogP contribution is -2.24. The van der Waals surface area contributed by atoms with Crippen molar-refractivity contribution in [1.82, 2.24) is 0 Å². The van der Waals surface area contributed by atoms with E-state index >= 15 is 0 Å². The SMILES string of the molecule is CC(C)(C)OC(=O)CCS(=O)c1ccc(Cl)c(Cl)c1. The molecule has 19 heavy (non-hydrogen) atoms. The predicted molar refractivity (Wildman–Crippen MR) is 78.2 cm³/mol. The lowest BCUT2D eigenvalue weighted by Gasteiger charge is -2.19. The third-order valence-electron chi connectivity index (χ3n) is 2.07. The molecule has 0 amide bonds. The molecule has 0 aliphatic carbocycles. The molecule has 6 heteroatoms. The second kappa shape index (κ2) is 6.73. The summed E-state index contributed by atoms with van der Waals surface area (Å²) in [6.07, 6.45) is 0.101.